The minimum Gasteiger partial charge on any atom is -0.490 e. The Labute approximate surface area is 151 Å². The first-order valence-corrected chi connectivity index (χ1v) is 10.9. The maximum Gasteiger partial charge on any atom is 0.214 e. The fourth-order valence-electron chi connectivity index (χ4n) is 4.26. The molecule has 0 amide bonds. The van der Waals surface area contributed by atoms with Crippen molar-refractivity contribution in [3.05, 3.63) is 23.8 Å². The molecule has 0 aliphatic heterocycles. The molecule has 0 radical (unpaired) electrons. The maximum atomic E-state index is 12.6. The lowest BCUT2D eigenvalue weighted by Crippen LogP contribution is -2.38. The zero-order chi connectivity index (χ0) is 17.9. The highest BCUT2D eigenvalue weighted by molar-refractivity contribution is 7.90. The van der Waals surface area contributed by atoms with Gasteiger partial charge in [-0.05, 0) is 69.1 Å². The first-order chi connectivity index (χ1) is 12.0. The van der Waals surface area contributed by atoms with Crippen LogP contribution in [-0.4, -0.2) is 33.4 Å². The molecule has 3 rings (SSSR count). The van der Waals surface area contributed by atoms with E-state index >= 15 is 0 Å². The van der Waals surface area contributed by atoms with E-state index in [0.29, 0.717) is 38.0 Å². The summed E-state index contributed by atoms with van der Waals surface area (Å²) < 4.78 is 39.1. The van der Waals surface area contributed by atoms with Crippen LogP contribution in [-0.2, 0) is 16.4 Å². The quantitative estimate of drug-likeness (QED) is 0.728. The summed E-state index contributed by atoms with van der Waals surface area (Å²) in [7, 11) is -3.20. The Morgan fingerprint density at radius 1 is 1.08 bits per heavy atom. The van der Waals surface area contributed by atoms with E-state index in [2.05, 4.69) is 4.72 Å². The van der Waals surface area contributed by atoms with Gasteiger partial charge in [0.05, 0.1) is 18.5 Å². The Kier molecular flexibility index (Phi) is 5.89. The van der Waals surface area contributed by atoms with Gasteiger partial charge in [0.15, 0.2) is 11.5 Å². The lowest BCUT2D eigenvalue weighted by molar-refractivity contribution is 0.287. The molecule has 0 unspecified atom stereocenters. The van der Waals surface area contributed by atoms with Gasteiger partial charge >= 0.3 is 0 Å². The van der Waals surface area contributed by atoms with Crippen molar-refractivity contribution in [1.82, 2.24) is 4.72 Å². The van der Waals surface area contributed by atoms with Crippen molar-refractivity contribution in [3.63, 3.8) is 0 Å². The maximum absolute atomic E-state index is 12.6. The smallest absolute Gasteiger partial charge is 0.214 e. The Hall–Kier alpha value is -1.27. The van der Waals surface area contributed by atoms with Crippen LogP contribution >= 0.6 is 0 Å². The minimum absolute atomic E-state index is 0.175. The summed E-state index contributed by atoms with van der Waals surface area (Å²) >= 11 is 0. The Bertz CT molecular complexity index is 689. The molecule has 2 saturated carbocycles. The molecule has 2 fully saturated rings. The molecule has 140 valence electrons. The zero-order valence-corrected chi connectivity index (χ0v) is 16.0. The zero-order valence-electron chi connectivity index (χ0n) is 15.2. The lowest BCUT2D eigenvalue weighted by atomic mass is 10.0. The van der Waals surface area contributed by atoms with Gasteiger partial charge in [0.1, 0.15) is 0 Å². The molecule has 2 aliphatic carbocycles. The Morgan fingerprint density at radius 2 is 1.84 bits per heavy atom. The highest BCUT2D eigenvalue weighted by Crippen LogP contribution is 2.47. The van der Waals surface area contributed by atoms with Crippen LogP contribution in [0.15, 0.2) is 18.2 Å². The van der Waals surface area contributed by atoms with Crippen molar-refractivity contribution in [2.45, 2.75) is 51.2 Å². The number of sulfonamides is 1. The van der Waals surface area contributed by atoms with Gasteiger partial charge < -0.3 is 9.47 Å². The summed E-state index contributed by atoms with van der Waals surface area (Å²) in [6.07, 6.45) is 4.88. The van der Waals surface area contributed by atoms with Crippen molar-refractivity contribution in [3.8, 4) is 11.5 Å². The molecule has 6 heteroatoms. The van der Waals surface area contributed by atoms with Crippen molar-refractivity contribution in [2.24, 2.45) is 11.8 Å². The van der Waals surface area contributed by atoms with Crippen LogP contribution in [0.2, 0.25) is 0 Å². The second-order valence-electron chi connectivity index (χ2n) is 7.05. The standard InChI is InChI=1S/C19H29NO4S/c1-3-23-17-8-6-14(12-18(17)24-4-2)9-10-20-25(21,22)19-13-15-5-7-16(19)11-15/h6,8,12,15-16,19-20H,3-5,7,9-11,13H2,1-2H3/t15-,16-,19-/m0/s1. The predicted molar refractivity (Wildman–Crippen MR) is 98.6 cm³/mol. The van der Waals surface area contributed by atoms with Crippen LogP contribution in [0.5, 0.6) is 11.5 Å². The summed E-state index contributed by atoms with van der Waals surface area (Å²) in [5.74, 6) is 2.46. The van der Waals surface area contributed by atoms with Crippen molar-refractivity contribution < 1.29 is 17.9 Å². The highest BCUT2D eigenvalue weighted by atomic mass is 32.2. The van der Waals surface area contributed by atoms with Crippen LogP contribution in [0.3, 0.4) is 0 Å². The highest BCUT2D eigenvalue weighted by Gasteiger charge is 2.45. The normalized spacial score (nSPS) is 25.3. The molecule has 3 atom stereocenters. The molecule has 0 heterocycles. The fourth-order valence-corrected chi connectivity index (χ4v) is 6.14. The number of nitrogens with one attached hydrogen (secondary N) is 1. The first kappa shape index (κ1) is 18.5. The van der Waals surface area contributed by atoms with Crippen LogP contribution in [0.1, 0.15) is 45.1 Å². The minimum atomic E-state index is -3.20. The van der Waals surface area contributed by atoms with E-state index in [-0.39, 0.29) is 5.25 Å². The van der Waals surface area contributed by atoms with E-state index in [1.165, 1.54) is 6.42 Å². The summed E-state index contributed by atoms with van der Waals surface area (Å²) in [6.45, 7) is 5.46. The van der Waals surface area contributed by atoms with Crippen molar-refractivity contribution in [2.75, 3.05) is 19.8 Å². The summed E-state index contributed by atoms with van der Waals surface area (Å²) in [5, 5.41) is -0.175. The van der Waals surface area contributed by atoms with E-state index in [1.807, 2.05) is 32.0 Å². The van der Waals surface area contributed by atoms with Crippen LogP contribution in [0.4, 0.5) is 0 Å². The molecular formula is C19H29NO4S. The van der Waals surface area contributed by atoms with Gasteiger partial charge in [0, 0.05) is 6.54 Å². The topological polar surface area (TPSA) is 64.6 Å². The van der Waals surface area contributed by atoms with E-state index in [4.69, 9.17) is 9.47 Å². The van der Waals surface area contributed by atoms with Crippen LogP contribution in [0.25, 0.3) is 0 Å². The monoisotopic (exact) mass is 367 g/mol. The molecule has 5 nitrogen and oxygen atoms in total. The van der Waals surface area contributed by atoms with Crippen molar-refractivity contribution >= 4 is 10.0 Å². The third kappa shape index (κ3) is 4.29. The summed E-state index contributed by atoms with van der Waals surface area (Å²) in [6, 6.07) is 5.81. The van der Waals surface area contributed by atoms with Crippen LogP contribution < -0.4 is 14.2 Å². The van der Waals surface area contributed by atoms with Crippen LogP contribution in [0, 0.1) is 11.8 Å². The second kappa shape index (κ2) is 7.96. The molecule has 2 bridgehead atoms. The van der Waals surface area contributed by atoms with Crippen molar-refractivity contribution in [1.29, 1.82) is 0 Å². The van der Waals surface area contributed by atoms with Gasteiger partial charge in [0.2, 0.25) is 10.0 Å². The molecule has 1 aromatic carbocycles. The van der Waals surface area contributed by atoms with Gasteiger partial charge in [-0.25, -0.2) is 13.1 Å². The fraction of sp³-hybridized carbons (Fsp3) is 0.684. The summed E-state index contributed by atoms with van der Waals surface area (Å²) in [4.78, 5) is 0. The predicted octanol–water partition coefficient (Wildman–Crippen LogP) is 3.13. The average molecular weight is 368 g/mol. The van der Waals surface area contributed by atoms with E-state index in [0.717, 1.165) is 36.3 Å². The van der Waals surface area contributed by atoms with E-state index in [9.17, 15) is 8.42 Å². The number of ether oxygens (including phenoxy) is 2. The van der Waals surface area contributed by atoms with Gasteiger partial charge in [-0.2, -0.15) is 0 Å². The molecular weight excluding hydrogens is 338 g/mol. The molecule has 2 aliphatic rings. The Morgan fingerprint density at radius 3 is 2.48 bits per heavy atom. The molecule has 25 heavy (non-hydrogen) atoms. The largest absolute Gasteiger partial charge is 0.490 e. The van der Waals surface area contributed by atoms with E-state index in [1.54, 1.807) is 0 Å². The molecule has 0 saturated heterocycles. The van der Waals surface area contributed by atoms with Gasteiger partial charge in [-0.1, -0.05) is 12.5 Å². The number of benzene rings is 1. The van der Waals surface area contributed by atoms with Gasteiger partial charge in [0.25, 0.3) is 0 Å². The lowest BCUT2D eigenvalue weighted by Gasteiger charge is -2.22. The molecule has 0 spiro atoms. The average Bonchev–Trinajstić information content (AvgIpc) is 3.21. The number of hydrogen-bond acceptors (Lipinski definition) is 4. The second-order valence-corrected chi connectivity index (χ2v) is 9.03. The Balaban J connectivity index is 1.57. The number of fused-ring (bicyclic) bond motifs is 2. The molecule has 1 aromatic rings. The summed E-state index contributed by atoms with van der Waals surface area (Å²) in [5.41, 5.74) is 1.04. The van der Waals surface area contributed by atoms with Gasteiger partial charge in [-0.15, -0.1) is 0 Å². The first-order valence-electron chi connectivity index (χ1n) is 9.40. The SMILES string of the molecule is CCOc1ccc(CCNS(=O)(=O)[C@H]2C[C@H]3CC[C@H]2C3)cc1OCC. The number of hydrogen-bond donors (Lipinski definition) is 1. The third-order valence-corrected chi connectivity index (χ3v) is 7.38. The molecule has 1 N–H and O–H groups in total. The third-order valence-electron chi connectivity index (χ3n) is 5.40. The van der Waals surface area contributed by atoms with E-state index < -0.39 is 10.0 Å². The number of rotatable bonds is 9. The van der Waals surface area contributed by atoms with Gasteiger partial charge in [-0.3, -0.25) is 0 Å². The molecule has 0 aromatic heterocycles.